The van der Waals surface area contributed by atoms with Crippen LogP contribution in [0.3, 0.4) is 0 Å². The second-order valence-corrected chi connectivity index (χ2v) is 10.7. The summed E-state index contributed by atoms with van der Waals surface area (Å²) in [5, 5.41) is 4.50. The van der Waals surface area contributed by atoms with Crippen LogP contribution in [0.5, 0.6) is 0 Å². The molecular weight excluding hydrogens is 372 g/mol. The summed E-state index contributed by atoms with van der Waals surface area (Å²) in [4.78, 5) is 13.1. The quantitative estimate of drug-likeness (QED) is 0.603. The number of nitrogens with zero attached hydrogens (tertiary/aromatic N) is 2. The van der Waals surface area contributed by atoms with E-state index < -0.39 is 0 Å². The van der Waals surface area contributed by atoms with E-state index >= 15 is 0 Å². The van der Waals surface area contributed by atoms with Gasteiger partial charge in [-0.1, -0.05) is 78.2 Å². The number of hydrogen-bond acceptors (Lipinski definition) is 4. The third kappa shape index (κ3) is 5.28. The van der Waals surface area contributed by atoms with Crippen molar-refractivity contribution < 1.29 is 0 Å². The van der Waals surface area contributed by atoms with Crippen molar-refractivity contribution in [2.24, 2.45) is 0 Å². The van der Waals surface area contributed by atoms with Gasteiger partial charge in [0.05, 0.1) is 16.6 Å². The molecule has 0 amide bonds. The lowest BCUT2D eigenvalue weighted by Gasteiger charge is -2.21. The minimum atomic E-state index is -0.383. The third-order valence-electron chi connectivity index (χ3n) is 3.72. The van der Waals surface area contributed by atoms with Gasteiger partial charge in [-0.25, -0.2) is 4.68 Å². The van der Waals surface area contributed by atoms with E-state index in [2.05, 4.69) is 50.1 Å². The maximum atomic E-state index is 12.3. The van der Waals surface area contributed by atoms with Crippen molar-refractivity contribution in [2.75, 3.05) is 0 Å². The lowest BCUT2D eigenvalue weighted by molar-refractivity contribution is 0.336. The summed E-state index contributed by atoms with van der Waals surface area (Å²) in [5.74, 6) is 0.841. The van der Waals surface area contributed by atoms with Crippen LogP contribution in [0.25, 0.3) is 0 Å². The maximum Gasteiger partial charge on any atom is 0.287 e. The zero-order valence-corrected chi connectivity index (χ0v) is 18.0. The minimum Gasteiger partial charge on any atom is -0.266 e. The van der Waals surface area contributed by atoms with Crippen LogP contribution in [0.15, 0.2) is 40.2 Å². The van der Waals surface area contributed by atoms with Crippen molar-refractivity contribution in [1.29, 1.82) is 0 Å². The highest BCUT2D eigenvalue weighted by atomic mass is 35.5. The van der Waals surface area contributed by atoms with Gasteiger partial charge in [0, 0.05) is 5.75 Å². The Kier molecular flexibility index (Phi) is 6.34. The van der Waals surface area contributed by atoms with Crippen LogP contribution < -0.4 is 5.56 Å². The van der Waals surface area contributed by atoms with E-state index in [9.17, 15) is 4.79 Å². The van der Waals surface area contributed by atoms with Crippen molar-refractivity contribution in [3.63, 3.8) is 0 Å². The van der Waals surface area contributed by atoms with Gasteiger partial charge in [0.25, 0.3) is 5.56 Å². The fourth-order valence-electron chi connectivity index (χ4n) is 2.22. The van der Waals surface area contributed by atoms with Crippen molar-refractivity contribution in [3.05, 3.63) is 57.0 Å². The molecule has 1 aromatic carbocycles. The maximum absolute atomic E-state index is 12.3. The molecule has 0 spiro atoms. The Balaban J connectivity index is 2.03. The van der Waals surface area contributed by atoms with Crippen molar-refractivity contribution in [3.8, 4) is 0 Å². The Morgan fingerprint density at radius 2 is 1.68 bits per heavy atom. The number of halogens is 1. The van der Waals surface area contributed by atoms with Crippen LogP contribution in [-0.2, 0) is 16.7 Å². The van der Waals surface area contributed by atoms with Gasteiger partial charge >= 0.3 is 0 Å². The molecule has 0 unspecified atom stereocenters. The first-order valence-electron chi connectivity index (χ1n) is 8.17. The van der Waals surface area contributed by atoms with Crippen LogP contribution in [-0.4, -0.2) is 9.78 Å². The Bertz CT molecular complexity index is 787. The highest BCUT2D eigenvalue weighted by molar-refractivity contribution is 8.76. The predicted octanol–water partition coefficient (Wildman–Crippen LogP) is 5.89. The molecule has 2 rings (SSSR count). The van der Waals surface area contributed by atoms with E-state index in [4.69, 9.17) is 11.6 Å². The molecule has 0 bridgehead atoms. The normalized spacial score (nSPS) is 12.4. The fraction of sp³-hybridized carbons (Fsp3) is 0.474. The first-order chi connectivity index (χ1) is 11.5. The standard InChI is InChI=1S/C19H25ClN2OS2/c1-18(2,3)14-9-7-13(8-10-14)12-24-25-15-11-21-22(19(4,5)6)17(23)16(15)20/h7-11H,12H2,1-6H3. The van der Waals surface area contributed by atoms with Gasteiger partial charge in [0.15, 0.2) is 0 Å². The van der Waals surface area contributed by atoms with Crippen molar-refractivity contribution in [2.45, 2.75) is 63.1 Å². The molecule has 1 heterocycles. The average molecular weight is 397 g/mol. The zero-order chi connectivity index (χ0) is 18.8. The van der Waals surface area contributed by atoms with E-state index in [-0.39, 0.29) is 21.5 Å². The number of hydrogen-bond donors (Lipinski definition) is 0. The first-order valence-corrected chi connectivity index (χ1v) is 10.9. The molecular formula is C19H25ClN2OS2. The van der Waals surface area contributed by atoms with E-state index in [1.165, 1.54) is 26.6 Å². The van der Waals surface area contributed by atoms with E-state index in [0.29, 0.717) is 4.90 Å². The SMILES string of the molecule is CC(C)(C)c1ccc(CSSc2cnn(C(C)(C)C)c(=O)c2Cl)cc1. The van der Waals surface area contributed by atoms with E-state index in [1.807, 2.05) is 20.8 Å². The van der Waals surface area contributed by atoms with Gasteiger partial charge in [-0.3, -0.25) is 4.79 Å². The molecule has 0 saturated heterocycles. The Labute approximate surface area is 163 Å². The Morgan fingerprint density at radius 3 is 2.20 bits per heavy atom. The second-order valence-electron chi connectivity index (χ2n) is 8.00. The first kappa shape index (κ1) is 20.4. The molecule has 0 aliphatic carbocycles. The molecule has 0 radical (unpaired) electrons. The summed E-state index contributed by atoms with van der Waals surface area (Å²) in [7, 11) is 3.15. The molecule has 2 aromatic rings. The summed E-state index contributed by atoms with van der Waals surface area (Å²) < 4.78 is 1.43. The second kappa shape index (κ2) is 7.77. The molecule has 0 aliphatic rings. The van der Waals surface area contributed by atoms with Crippen LogP contribution in [0, 0.1) is 0 Å². The fourth-order valence-corrected chi connectivity index (χ4v) is 4.71. The van der Waals surface area contributed by atoms with Crippen LogP contribution in [0.1, 0.15) is 52.7 Å². The summed E-state index contributed by atoms with van der Waals surface area (Å²) in [6.45, 7) is 12.4. The van der Waals surface area contributed by atoms with Gasteiger partial charge in [0.1, 0.15) is 5.02 Å². The number of benzene rings is 1. The van der Waals surface area contributed by atoms with E-state index in [1.54, 1.807) is 17.0 Å². The van der Waals surface area contributed by atoms with Crippen molar-refractivity contribution >= 4 is 33.2 Å². The molecule has 6 heteroatoms. The van der Waals surface area contributed by atoms with Crippen LogP contribution in [0.4, 0.5) is 0 Å². The van der Waals surface area contributed by atoms with Crippen LogP contribution >= 0.6 is 33.2 Å². The lowest BCUT2D eigenvalue weighted by atomic mass is 9.87. The summed E-state index contributed by atoms with van der Waals surface area (Å²) in [6.07, 6.45) is 1.68. The molecule has 0 saturated carbocycles. The highest BCUT2D eigenvalue weighted by Gasteiger charge is 2.19. The largest absolute Gasteiger partial charge is 0.287 e. The topological polar surface area (TPSA) is 34.9 Å². The molecule has 3 nitrogen and oxygen atoms in total. The van der Waals surface area contributed by atoms with Gasteiger partial charge < -0.3 is 0 Å². The minimum absolute atomic E-state index is 0.163. The summed E-state index contributed by atoms with van der Waals surface area (Å²) >= 11 is 6.25. The van der Waals surface area contributed by atoms with Gasteiger partial charge in [-0.05, 0) is 37.3 Å². The highest BCUT2D eigenvalue weighted by Crippen LogP contribution is 2.36. The lowest BCUT2D eigenvalue weighted by Crippen LogP contribution is -2.36. The average Bonchev–Trinajstić information content (AvgIpc) is 2.50. The monoisotopic (exact) mass is 396 g/mol. The number of aromatic nitrogens is 2. The molecule has 0 N–H and O–H groups in total. The zero-order valence-electron chi connectivity index (χ0n) is 15.6. The predicted molar refractivity (Wildman–Crippen MR) is 111 cm³/mol. The van der Waals surface area contributed by atoms with Crippen molar-refractivity contribution in [1.82, 2.24) is 9.78 Å². The van der Waals surface area contributed by atoms with Gasteiger partial charge in [-0.15, -0.1) is 0 Å². The Hall–Kier alpha value is -0.910. The molecule has 136 valence electrons. The van der Waals surface area contributed by atoms with Crippen LogP contribution in [0.2, 0.25) is 5.02 Å². The van der Waals surface area contributed by atoms with Gasteiger partial charge in [-0.2, -0.15) is 5.10 Å². The molecule has 25 heavy (non-hydrogen) atoms. The summed E-state index contributed by atoms with van der Waals surface area (Å²) in [6, 6.07) is 8.68. The summed E-state index contributed by atoms with van der Waals surface area (Å²) in [5.41, 5.74) is 2.11. The molecule has 0 fully saturated rings. The van der Waals surface area contributed by atoms with Gasteiger partial charge in [0.2, 0.25) is 0 Å². The molecule has 0 aliphatic heterocycles. The molecule has 0 atom stereocenters. The van der Waals surface area contributed by atoms with E-state index in [0.717, 1.165) is 5.75 Å². The molecule has 1 aromatic heterocycles. The Morgan fingerprint density at radius 1 is 1.08 bits per heavy atom. The smallest absolute Gasteiger partial charge is 0.266 e. The third-order valence-corrected chi connectivity index (χ3v) is 6.50. The number of rotatable bonds is 4.